The van der Waals surface area contributed by atoms with Gasteiger partial charge in [0.05, 0.1) is 13.2 Å². The van der Waals surface area contributed by atoms with E-state index in [1.54, 1.807) is 0 Å². The molecule has 0 aromatic heterocycles. The van der Waals surface area contributed by atoms with Gasteiger partial charge in [0.15, 0.2) is 11.5 Å². The fourth-order valence-corrected chi connectivity index (χ4v) is 1.47. The maximum atomic E-state index is 8.79. The second kappa shape index (κ2) is 7.09. The van der Waals surface area contributed by atoms with Gasteiger partial charge < -0.3 is 19.9 Å². The summed E-state index contributed by atoms with van der Waals surface area (Å²) < 4.78 is 11.0. The SMILES string of the molecule is CCOc1cccc(CNC)c1OCCO. The van der Waals surface area contributed by atoms with Gasteiger partial charge in [-0.05, 0) is 20.0 Å². The molecule has 0 saturated carbocycles. The number of benzene rings is 1. The zero-order valence-electron chi connectivity index (χ0n) is 9.82. The van der Waals surface area contributed by atoms with E-state index in [2.05, 4.69) is 5.32 Å². The van der Waals surface area contributed by atoms with Crippen LogP contribution in [0.15, 0.2) is 18.2 Å². The smallest absolute Gasteiger partial charge is 0.165 e. The first kappa shape index (κ1) is 12.8. The quantitative estimate of drug-likeness (QED) is 0.731. The maximum Gasteiger partial charge on any atom is 0.165 e. The van der Waals surface area contributed by atoms with Crippen LogP contribution >= 0.6 is 0 Å². The molecule has 2 N–H and O–H groups in total. The van der Waals surface area contributed by atoms with Gasteiger partial charge in [0.25, 0.3) is 0 Å². The molecule has 1 aromatic carbocycles. The highest BCUT2D eigenvalue weighted by molar-refractivity contribution is 5.46. The van der Waals surface area contributed by atoms with Gasteiger partial charge in [-0.25, -0.2) is 0 Å². The van der Waals surface area contributed by atoms with Gasteiger partial charge in [-0.1, -0.05) is 12.1 Å². The van der Waals surface area contributed by atoms with Crippen molar-refractivity contribution >= 4 is 0 Å². The van der Waals surface area contributed by atoms with Crippen molar-refractivity contribution in [2.24, 2.45) is 0 Å². The summed E-state index contributed by atoms with van der Waals surface area (Å²) in [5.41, 5.74) is 1.03. The highest BCUT2D eigenvalue weighted by Gasteiger charge is 2.09. The molecule has 0 bridgehead atoms. The van der Waals surface area contributed by atoms with Crippen molar-refractivity contribution in [3.8, 4) is 11.5 Å². The second-order valence-electron chi connectivity index (χ2n) is 3.28. The molecular formula is C12H19NO3. The minimum Gasteiger partial charge on any atom is -0.490 e. The summed E-state index contributed by atoms with van der Waals surface area (Å²) in [6.07, 6.45) is 0. The van der Waals surface area contributed by atoms with Gasteiger partial charge in [-0.2, -0.15) is 0 Å². The number of aliphatic hydroxyl groups excluding tert-OH is 1. The van der Waals surface area contributed by atoms with E-state index in [1.807, 2.05) is 32.2 Å². The van der Waals surface area contributed by atoms with E-state index in [1.165, 1.54) is 0 Å². The van der Waals surface area contributed by atoms with Gasteiger partial charge in [-0.3, -0.25) is 0 Å². The Kier molecular flexibility index (Phi) is 5.67. The van der Waals surface area contributed by atoms with E-state index in [0.717, 1.165) is 11.3 Å². The van der Waals surface area contributed by atoms with E-state index in [4.69, 9.17) is 14.6 Å². The number of aliphatic hydroxyl groups is 1. The number of nitrogens with one attached hydrogen (secondary N) is 1. The molecule has 16 heavy (non-hydrogen) atoms. The Morgan fingerprint density at radius 3 is 2.75 bits per heavy atom. The van der Waals surface area contributed by atoms with Gasteiger partial charge in [0.2, 0.25) is 0 Å². The van der Waals surface area contributed by atoms with E-state index >= 15 is 0 Å². The molecule has 0 aliphatic heterocycles. The summed E-state index contributed by atoms with van der Waals surface area (Å²) in [6.45, 7) is 3.51. The van der Waals surface area contributed by atoms with Crippen LogP contribution in [0.4, 0.5) is 0 Å². The van der Waals surface area contributed by atoms with Gasteiger partial charge in [-0.15, -0.1) is 0 Å². The molecule has 1 rings (SSSR count). The summed E-state index contributed by atoms with van der Waals surface area (Å²) in [4.78, 5) is 0. The normalized spacial score (nSPS) is 10.2. The Hall–Kier alpha value is -1.26. The number of para-hydroxylation sites is 1. The van der Waals surface area contributed by atoms with E-state index < -0.39 is 0 Å². The Morgan fingerprint density at radius 2 is 2.12 bits per heavy atom. The van der Waals surface area contributed by atoms with E-state index in [9.17, 15) is 0 Å². The van der Waals surface area contributed by atoms with E-state index in [-0.39, 0.29) is 13.2 Å². The molecule has 90 valence electrons. The predicted octanol–water partition coefficient (Wildman–Crippen LogP) is 1.18. The highest BCUT2D eigenvalue weighted by atomic mass is 16.5. The lowest BCUT2D eigenvalue weighted by Crippen LogP contribution is -2.10. The van der Waals surface area contributed by atoms with Crippen LogP contribution in [-0.2, 0) is 6.54 Å². The third kappa shape index (κ3) is 3.40. The van der Waals surface area contributed by atoms with Crippen LogP contribution in [0, 0.1) is 0 Å². The number of ether oxygens (including phenoxy) is 2. The molecule has 0 unspecified atom stereocenters. The van der Waals surface area contributed by atoms with Crippen LogP contribution in [0.3, 0.4) is 0 Å². The summed E-state index contributed by atoms with van der Waals surface area (Å²) in [6, 6.07) is 5.78. The van der Waals surface area contributed by atoms with Crippen LogP contribution in [0.1, 0.15) is 12.5 Å². The summed E-state index contributed by atoms with van der Waals surface area (Å²) in [5, 5.41) is 11.9. The van der Waals surface area contributed by atoms with Crippen LogP contribution in [0.5, 0.6) is 11.5 Å². The minimum absolute atomic E-state index is 0.000543. The zero-order chi connectivity index (χ0) is 11.8. The topological polar surface area (TPSA) is 50.7 Å². The van der Waals surface area contributed by atoms with Crippen LogP contribution < -0.4 is 14.8 Å². The average molecular weight is 225 g/mol. The number of rotatable bonds is 7. The molecular weight excluding hydrogens is 206 g/mol. The molecule has 0 aliphatic rings. The highest BCUT2D eigenvalue weighted by Crippen LogP contribution is 2.31. The molecule has 0 atom stereocenters. The van der Waals surface area contributed by atoms with Crippen molar-refractivity contribution in [3.63, 3.8) is 0 Å². The molecule has 1 aromatic rings. The molecule has 0 amide bonds. The van der Waals surface area contributed by atoms with Crippen molar-refractivity contribution in [3.05, 3.63) is 23.8 Å². The van der Waals surface area contributed by atoms with Gasteiger partial charge in [0.1, 0.15) is 6.61 Å². The first-order chi connectivity index (χ1) is 7.83. The minimum atomic E-state index is -0.000543. The van der Waals surface area contributed by atoms with Crippen molar-refractivity contribution in [2.45, 2.75) is 13.5 Å². The summed E-state index contributed by atoms with van der Waals surface area (Å²) in [7, 11) is 1.88. The maximum absolute atomic E-state index is 8.79. The van der Waals surface area contributed by atoms with Crippen LogP contribution in [0.2, 0.25) is 0 Å². The monoisotopic (exact) mass is 225 g/mol. The van der Waals surface area contributed by atoms with Crippen LogP contribution in [0.25, 0.3) is 0 Å². The van der Waals surface area contributed by atoms with Gasteiger partial charge in [0, 0.05) is 12.1 Å². The fraction of sp³-hybridized carbons (Fsp3) is 0.500. The molecule has 4 nitrogen and oxygen atoms in total. The Morgan fingerprint density at radius 1 is 1.31 bits per heavy atom. The van der Waals surface area contributed by atoms with E-state index in [0.29, 0.717) is 18.9 Å². The molecule has 0 saturated heterocycles. The first-order valence-corrected chi connectivity index (χ1v) is 5.46. The lowest BCUT2D eigenvalue weighted by molar-refractivity contribution is 0.193. The summed E-state index contributed by atoms with van der Waals surface area (Å²) >= 11 is 0. The van der Waals surface area contributed by atoms with Crippen molar-refractivity contribution in [1.82, 2.24) is 5.32 Å². The molecule has 0 spiro atoms. The standard InChI is InChI=1S/C12H19NO3/c1-3-15-11-6-4-5-10(9-13-2)12(11)16-8-7-14/h4-6,13-14H,3,7-9H2,1-2H3. The third-order valence-electron chi connectivity index (χ3n) is 2.07. The molecule has 0 heterocycles. The Balaban J connectivity index is 2.92. The lowest BCUT2D eigenvalue weighted by Gasteiger charge is -2.15. The van der Waals surface area contributed by atoms with Gasteiger partial charge >= 0.3 is 0 Å². The van der Waals surface area contributed by atoms with Crippen molar-refractivity contribution in [2.75, 3.05) is 26.9 Å². The van der Waals surface area contributed by atoms with Crippen LogP contribution in [-0.4, -0.2) is 32.0 Å². The Labute approximate surface area is 96.2 Å². The number of hydrogen-bond donors (Lipinski definition) is 2. The predicted molar refractivity (Wildman–Crippen MR) is 63.0 cm³/mol. The molecule has 0 fully saturated rings. The molecule has 4 heteroatoms. The van der Waals surface area contributed by atoms with Crippen molar-refractivity contribution < 1.29 is 14.6 Å². The molecule has 0 aliphatic carbocycles. The zero-order valence-corrected chi connectivity index (χ0v) is 9.82. The summed E-state index contributed by atoms with van der Waals surface area (Å²) in [5.74, 6) is 1.44. The largest absolute Gasteiger partial charge is 0.490 e. The fourth-order valence-electron chi connectivity index (χ4n) is 1.47. The average Bonchev–Trinajstić information content (AvgIpc) is 2.29. The second-order valence-corrected chi connectivity index (χ2v) is 3.28. The van der Waals surface area contributed by atoms with Crippen molar-refractivity contribution in [1.29, 1.82) is 0 Å². The first-order valence-electron chi connectivity index (χ1n) is 5.46. The third-order valence-corrected chi connectivity index (χ3v) is 2.07. The lowest BCUT2D eigenvalue weighted by atomic mass is 10.2. The Bertz CT molecular complexity index is 291. The molecule has 0 radical (unpaired) electrons. The number of hydrogen-bond acceptors (Lipinski definition) is 4.